The first-order valence-corrected chi connectivity index (χ1v) is 7.74. The zero-order valence-corrected chi connectivity index (χ0v) is 12.5. The van der Waals surface area contributed by atoms with E-state index >= 15 is 0 Å². The summed E-state index contributed by atoms with van der Waals surface area (Å²) >= 11 is 0. The van der Waals surface area contributed by atoms with Gasteiger partial charge in [0, 0.05) is 6.04 Å². The molecule has 1 aliphatic carbocycles. The Balaban J connectivity index is 2.46. The normalized spacial score (nSPS) is 30.2. The Morgan fingerprint density at radius 1 is 1.29 bits per heavy atom. The minimum absolute atomic E-state index is 0.471. The summed E-state index contributed by atoms with van der Waals surface area (Å²) in [6, 6.07) is 0.471. The van der Waals surface area contributed by atoms with Crippen molar-refractivity contribution in [3.05, 3.63) is 0 Å². The molecule has 0 aliphatic heterocycles. The predicted octanol–water partition coefficient (Wildman–Crippen LogP) is 4.75. The van der Waals surface area contributed by atoms with Gasteiger partial charge in [-0.1, -0.05) is 53.4 Å². The van der Waals surface area contributed by atoms with Gasteiger partial charge >= 0.3 is 0 Å². The average molecular weight is 239 g/mol. The first kappa shape index (κ1) is 15.0. The first-order chi connectivity index (χ1) is 7.98. The van der Waals surface area contributed by atoms with Crippen molar-refractivity contribution in [1.82, 2.24) is 0 Å². The van der Waals surface area contributed by atoms with Crippen LogP contribution in [-0.4, -0.2) is 6.04 Å². The van der Waals surface area contributed by atoms with Crippen LogP contribution in [0.15, 0.2) is 0 Å². The third-order valence-electron chi connectivity index (χ3n) is 4.75. The Morgan fingerprint density at radius 2 is 2.00 bits per heavy atom. The van der Waals surface area contributed by atoms with E-state index in [0.29, 0.717) is 11.5 Å². The number of hydrogen-bond donors (Lipinski definition) is 1. The van der Waals surface area contributed by atoms with Gasteiger partial charge in [-0.15, -0.1) is 0 Å². The standard InChI is InChI=1S/C16H33N/c1-5-7-8-13(6-2)11-14-12-16(3,4)10-9-15(14)17/h13-15H,5-12,17H2,1-4H3. The van der Waals surface area contributed by atoms with E-state index in [4.69, 9.17) is 5.73 Å². The molecule has 0 aromatic heterocycles. The number of rotatable bonds is 6. The second-order valence-corrected chi connectivity index (χ2v) is 6.98. The Labute approximate surface area is 109 Å². The molecule has 1 fully saturated rings. The van der Waals surface area contributed by atoms with Crippen LogP contribution in [0.4, 0.5) is 0 Å². The van der Waals surface area contributed by atoms with E-state index in [1.54, 1.807) is 0 Å². The molecular formula is C16H33N. The van der Waals surface area contributed by atoms with Crippen LogP contribution >= 0.6 is 0 Å². The summed E-state index contributed by atoms with van der Waals surface area (Å²) in [7, 11) is 0. The van der Waals surface area contributed by atoms with Crippen LogP contribution in [0.1, 0.15) is 79.1 Å². The molecular weight excluding hydrogens is 206 g/mol. The smallest absolute Gasteiger partial charge is 0.00676 e. The van der Waals surface area contributed by atoms with E-state index < -0.39 is 0 Å². The van der Waals surface area contributed by atoms with Crippen molar-refractivity contribution in [2.45, 2.75) is 85.1 Å². The van der Waals surface area contributed by atoms with E-state index in [9.17, 15) is 0 Å². The topological polar surface area (TPSA) is 26.0 Å². The van der Waals surface area contributed by atoms with Gasteiger partial charge in [0.25, 0.3) is 0 Å². The fourth-order valence-electron chi connectivity index (χ4n) is 3.42. The van der Waals surface area contributed by atoms with Gasteiger partial charge in [-0.3, -0.25) is 0 Å². The SMILES string of the molecule is CCCCC(CC)CC1CC(C)(C)CCC1N. The molecule has 0 aromatic carbocycles. The zero-order chi connectivity index (χ0) is 12.9. The zero-order valence-electron chi connectivity index (χ0n) is 12.5. The highest BCUT2D eigenvalue weighted by Gasteiger charge is 2.33. The molecule has 102 valence electrons. The van der Waals surface area contributed by atoms with E-state index in [1.807, 2.05) is 0 Å². The monoisotopic (exact) mass is 239 g/mol. The third-order valence-corrected chi connectivity index (χ3v) is 4.75. The van der Waals surface area contributed by atoms with Crippen molar-refractivity contribution >= 4 is 0 Å². The molecule has 0 saturated heterocycles. The van der Waals surface area contributed by atoms with Crippen molar-refractivity contribution in [2.75, 3.05) is 0 Å². The molecule has 1 aliphatic rings. The predicted molar refractivity (Wildman–Crippen MR) is 77.0 cm³/mol. The molecule has 3 unspecified atom stereocenters. The molecule has 0 bridgehead atoms. The van der Waals surface area contributed by atoms with Crippen LogP contribution in [0.25, 0.3) is 0 Å². The lowest BCUT2D eigenvalue weighted by molar-refractivity contribution is 0.133. The van der Waals surface area contributed by atoms with Crippen molar-refractivity contribution in [3.63, 3.8) is 0 Å². The summed E-state index contributed by atoms with van der Waals surface area (Å²) in [4.78, 5) is 0. The van der Waals surface area contributed by atoms with Crippen LogP contribution in [0, 0.1) is 17.3 Å². The van der Waals surface area contributed by atoms with Gasteiger partial charge in [-0.25, -0.2) is 0 Å². The molecule has 0 heterocycles. The van der Waals surface area contributed by atoms with E-state index in [2.05, 4.69) is 27.7 Å². The maximum absolute atomic E-state index is 6.33. The highest BCUT2D eigenvalue weighted by atomic mass is 14.7. The van der Waals surface area contributed by atoms with Gasteiger partial charge in [-0.05, 0) is 42.9 Å². The molecule has 1 nitrogen and oxygen atoms in total. The molecule has 3 atom stereocenters. The van der Waals surface area contributed by atoms with Gasteiger partial charge in [0.15, 0.2) is 0 Å². The molecule has 1 heteroatoms. The van der Waals surface area contributed by atoms with Crippen LogP contribution < -0.4 is 5.73 Å². The Morgan fingerprint density at radius 3 is 2.59 bits per heavy atom. The highest BCUT2D eigenvalue weighted by Crippen LogP contribution is 2.41. The van der Waals surface area contributed by atoms with Crippen molar-refractivity contribution < 1.29 is 0 Å². The largest absolute Gasteiger partial charge is 0.327 e. The highest BCUT2D eigenvalue weighted by molar-refractivity contribution is 4.87. The van der Waals surface area contributed by atoms with E-state index in [-0.39, 0.29) is 0 Å². The lowest BCUT2D eigenvalue weighted by atomic mass is 9.67. The van der Waals surface area contributed by atoms with E-state index in [1.165, 1.54) is 51.4 Å². The van der Waals surface area contributed by atoms with Gasteiger partial charge < -0.3 is 5.73 Å². The summed E-state index contributed by atoms with van der Waals surface area (Å²) in [6.07, 6.45) is 10.7. The molecule has 0 spiro atoms. The third kappa shape index (κ3) is 4.99. The van der Waals surface area contributed by atoms with Crippen LogP contribution in [0.2, 0.25) is 0 Å². The minimum atomic E-state index is 0.471. The minimum Gasteiger partial charge on any atom is -0.327 e. The Kier molecular flexibility index (Phi) is 5.99. The maximum atomic E-state index is 6.33. The van der Waals surface area contributed by atoms with Crippen LogP contribution in [0.3, 0.4) is 0 Å². The average Bonchev–Trinajstić information content (AvgIpc) is 2.28. The fourth-order valence-corrected chi connectivity index (χ4v) is 3.42. The summed E-state index contributed by atoms with van der Waals surface area (Å²) in [5.74, 6) is 1.69. The Hall–Kier alpha value is -0.0400. The second kappa shape index (κ2) is 6.78. The fraction of sp³-hybridized carbons (Fsp3) is 1.00. The number of unbranched alkanes of at least 4 members (excludes halogenated alkanes) is 1. The van der Waals surface area contributed by atoms with Gasteiger partial charge in [-0.2, -0.15) is 0 Å². The summed E-state index contributed by atoms with van der Waals surface area (Å²) in [6.45, 7) is 9.47. The molecule has 1 rings (SSSR count). The molecule has 17 heavy (non-hydrogen) atoms. The van der Waals surface area contributed by atoms with Crippen molar-refractivity contribution in [3.8, 4) is 0 Å². The summed E-state index contributed by atoms with van der Waals surface area (Å²) < 4.78 is 0. The molecule has 2 N–H and O–H groups in total. The van der Waals surface area contributed by atoms with Gasteiger partial charge in [0.05, 0.1) is 0 Å². The molecule has 0 radical (unpaired) electrons. The van der Waals surface area contributed by atoms with E-state index in [0.717, 1.165) is 11.8 Å². The Bertz CT molecular complexity index is 210. The summed E-state index contributed by atoms with van der Waals surface area (Å²) in [5.41, 5.74) is 6.86. The van der Waals surface area contributed by atoms with Crippen molar-refractivity contribution in [1.29, 1.82) is 0 Å². The van der Waals surface area contributed by atoms with Gasteiger partial charge in [0.2, 0.25) is 0 Å². The first-order valence-electron chi connectivity index (χ1n) is 7.74. The van der Waals surface area contributed by atoms with Gasteiger partial charge in [0.1, 0.15) is 0 Å². The molecule has 0 aromatic rings. The number of hydrogen-bond acceptors (Lipinski definition) is 1. The molecule has 1 saturated carbocycles. The second-order valence-electron chi connectivity index (χ2n) is 6.98. The van der Waals surface area contributed by atoms with Crippen LogP contribution in [0.5, 0.6) is 0 Å². The van der Waals surface area contributed by atoms with Crippen molar-refractivity contribution in [2.24, 2.45) is 23.0 Å². The quantitative estimate of drug-likeness (QED) is 0.711. The molecule has 0 amide bonds. The van der Waals surface area contributed by atoms with Crippen LogP contribution in [-0.2, 0) is 0 Å². The number of nitrogens with two attached hydrogens (primary N) is 1. The maximum Gasteiger partial charge on any atom is 0.00676 e. The lowest BCUT2D eigenvalue weighted by Crippen LogP contribution is -2.40. The lowest BCUT2D eigenvalue weighted by Gasteiger charge is -2.40. The summed E-state index contributed by atoms with van der Waals surface area (Å²) in [5, 5.41) is 0.